The number of ether oxygens (including phenoxy) is 2. The van der Waals surface area contributed by atoms with Crippen molar-refractivity contribution in [1.82, 2.24) is 5.32 Å². The molecule has 0 aromatic heterocycles. The molecule has 140 valence electrons. The standard InChI is InChI=1S/C23H25NO3/c1-4-21(27-19-14-13-17-9-5-6-10-18(17)15-19)23(25)24-16(2)20-11-7-8-12-22(20)26-3/h5-16,21H,4H2,1-3H3,(H,24,25)/t16-,21+/m0/s1. The van der Waals surface area contributed by atoms with Gasteiger partial charge in [-0.25, -0.2) is 0 Å². The summed E-state index contributed by atoms with van der Waals surface area (Å²) in [6.07, 6.45) is 0.0282. The van der Waals surface area contributed by atoms with Crippen molar-refractivity contribution in [2.45, 2.75) is 32.4 Å². The van der Waals surface area contributed by atoms with Crippen LogP contribution in [-0.4, -0.2) is 19.1 Å². The Bertz CT molecular complexity index is 922. The Kier molecular flexibility index (Phi) is 5.97. The molecule has 0 aliphatic rings. The zero-order chi connectivity index (χ0) is 19.2. The molecule has 3 aromatic rings. The largest absolute Gasteiger partial charge is 0.496 e. The number of rotatable bonds is 7. The summed E-state index contributed by atoms with van der Waals surface area (Å²) in [5.41, 5.74) is 0.939. The summed E-state index contributed by atoms with van der Waals surface area (Å²) in [6, 6.07) is 21.5. The lowest BCUT2D eigenvalue weighted by Gasteiger charge is -2.22. The third kappa shape index (κ3) is 4.40. The van der Waals surface area contributed by atoms with E-state index in [1.165, 1.54) is 0 Å². The van der Waals surface area contributed by atoms with Crippen LogP contribution in [0.25, 0.3) is 10.8 Å². The minimum atomic E-state index is -0.552. The Balaban J connectivity index is 1.71. The number of amides is 1. The number of benzene rings is 3. The molecular weight excluding hydrogens is 338 g/mol. The summed E-state index contributed by atoms with van der Waals surface area (Å²) < 4.78 is 11.4. The molecule has 0 fully saturated rings. The first-order chi connectivity index (χ1) is 13.1. The van der Waals surface area contributed by atoms with Crippen molar-refractivity contribution in [3.63, 3.8) is 0 Å². The minimum Gasteiger partial charge on any atom is -0.496 e. The van der Waals surface area contributed by atoms with Gasteiger partial charge in [0.05, 0.1) is 13.2 Å². The van der Waals surface area contributed by atoms with Crippen molar-refractivity contribution < 1.29 is 14.3 Å². The van der Waals surface area contributed by atoms with Gasteiger partial charge in [-0.2, -0.15) is 0 Å². The van der Waals surface area contributed by atoms with Crippen molar-refractivity contribution >= 4 is 16.7 Å². The van der Waals surface area contributed by atoms with E-state index in [2.05, 4.69) is 11.4 Å². The number of nitrogens with one attached hydrogen (secondary N) is 1. The highest BCUT2D eigenvalue weighted by Crippen LogP contribution is 2.25. The molecule has 1 N–H and O–H groups in total. The SMILES string of the molecule is CC[C@@H](Oc1ccc2ccccc2c1)C(=O)N[C@@H](C)c1ccccc1OC. The van der Waals surface area contributed by atoms with Gasteiger partial charge in [-0.1, -0.05) is 55.5 Å². The Labute approximate surface area is 160 Å². The lowest BCUT2D eigenvalue weighted by molar-refractivity contribution is -0.128. The van der Waals surface area contributed by atoms with Crippen molar-refractivity contribution in [3.05, 3.63) is 72.3 Å². The van der Waals surface area contributed by atoms with Gasteiger partial charge in [0.15, 0.2) is 6.10 Å². The second-order valence-electron chi connectivity index (χ2n) is 6.50. The van der Waals surface area contributed by atoms with Gasteiger partial charge >= 0.3 is 0 Å². The predicted molar refractivity (Wildman–Crippen MR) is 108 cm³/mol. The smallest absolute Gasteiger partial charge is 0.261 e. The van der Waals surface area contributed by atoms with E-state index in [1.54, 1.807) is 7.11 Å². The molecule has 0 heterocycles. The molecule has 3 rings (SSSR count). The average molecular weight is 363 g/mol. The number of fused-ring (bicyclic) bond motifs is 1. The number of methoxy groups -OCH3 is 1. The van der Waals surface area contributed by atoms with E-state index in [4.69, 9.17) is 9.47 Å². The van der Waals surface area contributed by atoms with Crippen LogP contribution in [0, 0.1) is 0 Å². The maximum atomic E-state index is 12.7. The Morgan fingerprint density at radius 3 is 2.44 bits per heavy atom. The molecule has 27 heavy (non-hydrogen) atoms. The lowest BCUT2D eigenvalue weighted by Crippen LogP contribution is -2.39. The van der Waals surface area contributed by atoms with E-state index >= 15 is 0 Å². The summed E-state index contributed by atoms with van der Waals surface area (Å²) >= 11 is 0. The van der Waals surface area contributed by atoms with E-state index < -0.39 is 6.10 Å². The number of hydrogen-bond acceptors (Lipinski definition) is 3. The molecule has 0 saturated carbocycles. The molecule has 2 atom stereocenters. The van der Waals surface area contributed by atoms with E-state index in [9.17, 15) is 4.79 Å². The maximum absolute atomic E-state index is 12.7. The summed E-state index contributed by atoms with van der Waals surface area (Å²) in [7, 11) is 1.63. The number of hydrogen-bond donors (Lipinski definition) is 1. The molecule has 0 aliphatic carbocycles. The molecule has 4 nitrogen and oxygen atoms in total. The first-order valence-electron chi connectivity index (χ1n) is 9.21. The van der Waals surface area contributed by atoms with E-state index in [0.717, 1.165) is 22.1 Å². The van der Waals surface area contributed by atoms with Crippen LogP contribution in [0.15, 0.2) is 66.7 Å². The third-order valence-corrected chi connectivity index (χ3v) is 4.63. The van der Waals surface area contributed by atoms with Crippen LogP contribution in [0.5, 0.6) is 11.5 Å². The second kappa shape index (κ2) is 8.58. The van der Waals surface area contributed by atoms with Gasteiger partial charge in [0.25, 0.3) is 5.91 Å². The van der Waals surface area contributed by atoms with E-state index in [0.29, 0.717) is 12.2 Å². The van der Waals surface area contributed by atoms with Gasteiger partial charge in [0.2, 0.25) is 0 Å². The van der Waals surface area contributed by atoms with E-state index in [1.807, 2.05) is 74.5 Å². The third-order valence-electron chi connectivity index (χ3n) is 4.63. The monoisotopic (exact) mass is 363 g/mol. The molecule has 0 radical (unpaired) electrons. The van der Waals surface area contributed by atoms with Crippen LogP contribution in [0.3, 0.4) is 0 Å². The van der Waals surface area contributed by atoms with Crippen molar-refractivity contribution in [1.29, 1.82) is 0 Å². The van der Waals surface area contributed by atoms with Gasteiger partial charge in [0.1, 0.15) is 11.5 Å². The van der Waals surface area contributed by atoms with Gasteiger partial charge in [-0.3, -0.25) is 4.79 Å². The average Bonchev–Trinajstić information content (AvgIpc) is 2.71. The topological polar surface area (TPSA) is 47.6 Å². The number of para-hydroxylation sites is 1. The zero-order valence-electron chi connectivity index (χ0n) is 15.9. The van der Waals surface area contributed by atoms with Crippen LogP contribution < -0.4 is 14.8 Å². The lowest BCUT2D eigenvalue weighted by atomic mass is 10.1. The van der Waals surface area contributed by atoms with Crippen LogP contribution in [0.2, 0.25) is 0 Å². The first kappa shape index (κ1) is 18.8. The van der Waals surface area contributed by atoms with Crippen molar-refractivity contribution in [2.24, 2.45) is 0 Å². The Hall–Kier alpha value is -3.01. The molecule has 0 saturated heterocycles. The molecule has 0 aliphatic heterocycles. The summed E-state index contributed by atoms with van der Waals surface area (Å²) in [6.45, 7) is 3.89. The first-order valence-corrected chi connectivity index (χ1v) is 9.21. The van der Waals surface area contributed by atoms with Gasteiger partial charge < -0.3 is 14.8 Å². The highest BCUT2D eigenvalue weighted by molar-refractivity contribution is 5.84. The fraction of sp³-hybridized carbons (Fsp3) is 0.261. The maximum Gasteiger partial charge on any atom is 0.261 e. The van der Waals surface area contributed by atoms with Crippen LogP contribution >= 0.6 is 0 Å². The Morgan fingerprint density at radius 2 is 1.70 bits per heavy atom. The van der Waals surface area contributed by atoms with Crippen molar-refractivity contribution in [3.8, 4) is 11.5 Å². The minimum absolute atomic E-state index is 0.135. The molecule has 3 aromatic carbocycles. The highest BCUT2D eigenvalue weighted by Gasteiger charge is 2.22. The fourth-order valence-electron chi connectivity index (χ4n) is 3.14. The normalized spacial score (nSPS) is 13.0. The van der Waals surface area contributed by atoms with Crippen LogP contribution in [0.1, 0.15) is 31.9 Å². The molecule has 4 heteroatoms. The molecular formula is C23H25NO3. The summed E-state index contributed by atoms with van der Waals surface area (Å²) in [4.78, 5) is 12.7. The summed E-state index contributed by atoms with van der Waals surface area (Å²) in [5.74, 6) is 1.32. The van der Waals surface area contributed by atoms with Gasteiger partial charge in [-0.05, 0) is 42.3 Å². The van der Waals surface area contributed by atoms with Crippen molar-refractivity contribution in [2.75, 3.05) is 7.11 Å². The zero-order valence-corrected chi connectivity index (χ0v) is 15.9. The van der Waals surface area contributed by atoms with Gasteiger partial charge in [0, 0.05) is 5.56 Å². The number of carbonyl (C=O) groups is 1. The second-order valence-corrected chi connectivity index (χ2v) is 6.50. The number of carbonyl (C=O) groups excluding carboxylic acids is 1. The quantitative estimate of drug-likeness (QED) is 0.650. The molecule has 0 bridgehead atoms. The van der Waals surface area contributed by atoms with Crippen LogP contribution in [-0.2, 0) is 4.79 Å². The Morgan fingerprint density at radius 1 is 1.00 bits per heavy atom. The van der Waals surface area contributed by atoms with Crippen LogP contribution in [0.4, 0.5) is 0 Å². The molecule has 1 amide bonds. The summed E-state index contributed by atoms with van der Waals surface area (Å²) in [5, 5.41) is 5.27. The van der Waals surface area contributed by atoms with Gasteiger partial charge in [-0.15, -0.1) is 0 Å². The molecule has 0 spiro atoms. The highest BCUT2D eigenvalue weighted by atomic mass is 16.5. The predicted octanol–water partition coefficient (Wildman–Crippen LogP) is 4.88. The molecule has 0 unspecified atom stereocenters. The fourth-order valence-corrected chi connectivity index (χ4v) is 3.14. The van der Waals surface area contributed by atoms with E-state index in [-0.39, 0.29) is 11.9 Å².